The summed E-state index contributed by atoms with van der Waals surface area (Å²) in [5.74, 6) is 0.478. The number of hydrogen-bond acceptors (Lipinski definition) is 4. The van der Waals surface area contributed by atoms with Gasteiger partial charge in [0.2, 0.25) is 5.91 Å². The van der Waals surface area contributed by atoms with Crippen molar-refractivity contribution >= 4 is 5.91 Å². The van der Waals surface area contributed by atoms with E-state index in [0.29, 0.717) is 19.1 Å². The van der Waals surface area contributed by atoms with E-state index in [-0.39, 0.29) is 17.9 Å². The lowest BCUT2D eigenvalue weighted by molar-refractivity contribution is -0.126. The lowest BCUT2D eigenvalue weighted by atomic mass is 10.0. The molecule has 20 heavy (non-hydrogen) atoms. The summed E-state index contributed by atoms with van der Waals surface area (Å²) in [6.07, 6.45) is 3.52. The molecule has 2 heterocycles. The highest BCUT2D eigenvalue weighted by atomic mass is 16.5. The predicted octanol–water partition coefficient (Wildman–Crippen LogP) is 1.37. The highest BCUT2D eigenvalue weighted by Gasteiger charge is 2.21. The number of aromatic nitrogens is 3. The first kappa shape index (κ1) is 15.0. The van der Waals surface area contributed by atoms with Crippen LogP contribution in [0.15, 0.2) is 6.20 Å². The summed E-state index contributed by atoms with van der Waals surface area (Å²) in [6.45, 7) is 7.95. The second-order valence-corrected chi connectivity index (χ2v) is 5.87. The Morgan fingerprint density at radius 3 is 3.05 bits per heavy atom. The average molecular weight is 280 g/mol. The van der Waals surface area contributed by atoms with Gasteiger partial charge in [0.1, 0.15) is 0 Å². The van der Waals surface area contributed by atoms with Crippen molar-refractivity contribution in [3.63, 3.8) is 0 Å². The molecule has 2 rings (SSSR count). The zero-order chi connectivity index (χ0) is 14.5. The fourth-order valence-corrected chi connectivity index (χ4v) is 2.27. The van der Waals surface area contributed by atoms with Crippen molar-refractivity contribution in [2.24, 2.45) is 11.8 Å². The molecular formula is C14H24N4O2. The van der Waals surface area contributed by atoms with Crippen molar-refractivity contribution in [2.75, 3.05) is 6.61 Å². The van der Waals surface area contributed by atoms with Crippen LogP contribution in [0.3, 0.4) is 0 Å². The molecule has 0 saturated carbocycles. The van der Waals surface area contributed by atoms with Gasteiger partial charge in [0, 0.05) is 12.5 Å². The smallest absolute Gasteiger partial charge is 0.223 e. The minimum atomic E-state index is 0.0163. The van der Waals surface area contributed by atoms with Gasteiger partial charge < -0.3 is 10.1 Å². The number of nitrogens with one attached hydrogen (secondary N) is 1. The van der Waals surface area contributed by atoms with E-state index in [1.54, 1.807) is 6.20 Å². The highest BCUT2D eigenvalue weighted by molar-refractivity contribution is 5.78. The summed E-state index contributed by atoms with van der Waals surface area (Å²) in [5.41, 5.74) is 0.993. The first-order chi connectivity index (χ1) is 9.58. The number of fused-ring (bicyclic) bond motifs is 1. The van der Waals surface area contributed by atoms with Crippen molar-refractivity contribution in [1.82, 2.24) is 20.3 Å². The van der Waals surface area contributed by atoms with E-state index in [1.165, 1.54) is 0 Å². The first-order valence-corrected chi connectivity index (χ1v) is 7.33. The maximum absolute atomic E-state index is 12.1. The Bertz CT molecular complexity index is 444. The lowest BCUT2D eigenvalue weighted by Gasteiger charge is -2.25. The van der Waals surface area contributed by atoms with Crippen LogP contribution in [0.2, 0.25) is 0 Å². The maximum atomic E-state index is 12.1. The van der Waals surface area contributed by atoms with Gasteiger partial charge in [0.25, 0.3) is 0 Å². The number of carbonyl (C=O) groups is 1. The molecule has 6 heteroatoms. The van der Waals surface area contributed by atoms with Crippen molar-refractivity contribution in [2.45, 2.75) is 52.8 Å². The third-order valence-corrected chi connectivity index (χ3v) is 3.83. The topological polar surface area (TPSA) is 69.0 Å². The molecule has 0 aliphatic carbocycles. The van der Waals surface area contributed by atoms with E-state index < -0.39 is 0 Å². The molecular weight excluding hydrogens is 256 g/mol. The quantitative estimate of drug-likeness (QED) is 0.843. The third kappa shape index (κ3) is 3.79. The molecule has 0 fully saturated rings. The molecule has 0 unspecified atom stereocenters. The number of carbonyl (C=O) groups excluding carboxylic acids is 1. The van der Waals surface area contributed by atoms with Gasteiger partial charge in [-0.15, -0.1) is 5.10 Å². The molecule has 0 saturated heterocycles. The van der Waals surface area contributed by atoms with Crippen LogP contribution in [-0.4, -0.2) is 33.5 Å². The predicted molar refractivity (Wildman–Crippen MR) is 74.8 cm³/mol. The summed E-state index contributed by atoms with van der Waals surface area (Å²) < 4.78 is 7.60. The zero-order valence-corrected chi connectivity index (χ0v) is 12.5. The van der Waals surface area contributed by atoms with Gasteiger partial charge in [0.05, 0.1) is 31.1 Å². The maximum Gasteiger partial charge on any atom is 0.223 e. The highest BCUT2D eigenvalue weighted by Crippen LogP contribution is 2.12. The van der Waals surface area contributed by atoms with E-state index in [1.807, 2.05) is 11.6 Å². The molecule has 0 radical (unpaired) electrons. The zero-order valence-electron chi connectivity index (χ0n) is 12.5. The van der Waals surface area contributed by atoms with Crippen LogP contribution in [0.25, 0.3) is 0 Å². The minimum Gasteiger partial charge on any atom is -0.373 e. The molecule has 1 aliphatic rings. The van der Waals surface area contributed by atoms with E-state index in [4.69, 9.17) is 4.74 Å². The van der Waals surface area contributed by atoms with Crippen LogP contribution in [-0.2, 0) is 22.7 Å². The fourth-order valence-electron chi connectivity index (χ4n) is 2.27. The Hall–Kier alpha value is -1.43. The number of aryl methyl sites for hydroxylation is 1. The molecule has 1 N–H and O–H groups in total. The van der Waals surface area contributed by atoms with Crippen molar-refractivity contribution < 1.29 is 9.53 Å². The molecule has 2 atom stereocenters. The number of hydrogen-bond donors (Lipinski definition) is 1. The number of ether oxygens (including phenoxy) is 1. The Morgan fingerprint density at radius 1 is 1.50 bits per heavy atom. The monoisotopic (exact) mass is 280 g/mol. The largest absolute Gasteiger partial charge is 0.373 e. The second kappa shape index (κ2) is 6.83. The Morgan fingerprint density at radius 2 is 2.30 bits per heavy atom. The fraction of sp³-hybridized carbons (Fsp3) is 0.786. The van der Waals surface area contributed by atoms with Crippen molar-refractivity contribution in [3.8, 4) is 0 Å². The second-order valence-electron chi connectivity index (χ2n) is 5.87. The van der Waals surface area contributed by atoms with E-state index >= 15 is 0 Å². The van der Waals surface area contributed by atoms with Gasteiger partial charge in [-0.2, -0.15) is 0 Å². The molecule has 6 nitrogen and oxygen atoms in total. The SMILES string of the molecule is CC(C)[C@@H]1COCc2cnnn2CCC[C@@H](C)C(=O)N1. The van der Waals surface area contributed by atoms with Gasteiger partial charge >= 0.3 is 0 Å². The van der Waals surface area contributed by atoms with Crippen molar-refractivity contribution in [1.29, 1.82) is 0 Å². The van der Waals surface area contributed by atoms with Crippen molar-refractivity contribution in [3.05, 3.63) is 11.9 Å². The lowest BCUT2D eigenvalue weighted by Crippen LogP contribution is -2.44. The molecule has 0 spiro atoms. The first-order valence-electron chi connectivity index (χ1n) is 7.33. The minimum absolute atomic E-state index is 0.0163. The Kier molecular flexibility index (Phi) is 5.11. The van der Waals surface area contributed by atoms with E-state index in [2.05, 4.69) is 29.5 Å². The van der Waals surface area contributed by atoms with Crippen LogP contribution in [0, 0.1) is 11.8 Å². The summed E-state index contributed by atoms with van der Waals surface area (Å²) in [4.78, 5) is 12.1. The number of nitrogens with zero attached hydrogens (tertiary/aromatic N) is 3. The Labute approximate surface area is 119 Å². The van der Waals surface area contributed by atoms with Gasteiger partial charge in [0.15, 0.2) is 0 Å². The van der Waals surface area contributed by atoms with E-state index in [0.717, 1.165) is 25.1 Å². The van der Waals surface area contributed by atoms with Gasteiger partial charge in [-0.3, -0.25) is 4.79 Å². The van der Waals surface area contributed by atoms with Gasteiger partial charge in [-0.25, -0.2) is 4.68 Å². The summed E-state index contributed by atoms with van der Waals surface area (Å²) in [6, 6.07) is 0.0497. The summed E-state index contributed by atoms with van der Waals surface area (Å²) >= 11 is 0. The molecule has 1 amide bonds. The Balaban J connectivity index is 2.09. The number of amides is 1. The normalized spacial score (nSPS) is 25.5. The molecule has 1 aromatic heterocycles. The third-order valence-electron chi connectivity index (χ3n) is 3.83. The van der Waals surface area contributed by atoms with Crippen LogP contribution < -0.4 is 5.32 Å². The molecule has 0 bridgehead atoms. The molecule has 0 aromatic carbocycles. The number of rotatable bonds is 1. The van der Waals surface area contributed by atoms with Crippen LogP contribution in [0.1, 0.15) is 39.3 Å². The van der Waals surface area contributed by atoms with Gasteiger partial charge in [-0.1, -0.05) is 26.0 Å². The summed E-state index contributed by atoms with van der Waals surface area (Å²) in [5, 5.41) is 11.1. The van der Waals surface area contributed by atoms with Crippen LogP contribution in [0.4, 0.5) is 0 Å². The van der Waals surface area contributed by atoms with Crippen LogP contribution >= 0.6 is 0 Å². The molecule has 1 aromatic rings. The summed E-state index contributed by atoms with van der Waals surface area (Å²) in [7, 11) is 0. The molecule has 1 aliphatic heterocycles. The van der Waals surface area contributed by atoms with E-state index in [9.17, 15) is 4.79 Å². The molecule has 112 valence electrons. The van der Waals surface area contributed by atoms with Gasteiger partial charge in [-0.05, 0) is 18.8 Å². The van der Waals surface area contributed by atoms with Crippen LogP contribution in [0.5, 0.6) is 0 Å². The average Bonchev–Trinajstić information content (AvgIpc) is 2.83. The standard InChI is InChI=1S/C14H24N4O2/c1-10(2)13-9-20-8-12-7-15-17-18(12)6-4-5-11(3)14(19)16-13/h7,10-11,13H,4-6,8-9H2,1-3H3,(H,16,19)/t11-,13+/m1/s1.